The van der Waals surface area contributed by atoms with Gasteiger partial charge < -0.3 is 9.64 Å². The Morgan fingerprint density at radius 2 is 2.00 bits per heavy atom. The van der Waals surface area contributed by atoms with Crippen molar-refractivity contribution in [3.05, 3.63) is 29.8 Å². The van der Waals surface area contributed by atoms with Crippen molar-refractivity contribution in [3.8, 4) is 0 Å². The van der Waals surface area contributed by atoms with Crippen LogP contribution in [0.25, 0.3) is 0 Å². The summed E-state index contributed by atoms with van der Waals surface area (Å²) >= 11 is 3.47. The molecule has 1 unspecified atom stereocenters. The minimum absolute atomic E-state index is 0.165. The number of carbonyl (C=O) groups excluding carboxylic acids is 2. The van der Waals surface area contributed by atoms with E-state index in [0.717, 1.165) is 12.1 Å². The lowest BCUT2D eigenvalue weighted by atomic mass is 10.2. The average molecular weight is 369 g/mol. The van der Waals surface area contributed by atoms with Gasteiger partial charge in [-0.05, 0) is 38.5 Å². The molecule has 0 bridgehead atoms. The zero-order valence-electron chi connectivity index (χ0n) is 13.1. The molecule has 0 saturated carbocycles. The largest absolute Gasteiger partial charge is 0.444 e. The number of halogens is 1. The lowest BCUT2D eigenvalue weighted by Gasteiger charge is -2.20. The monoisotopic (exact) mass is 368 g/mol. The Kier molecular flexibility index (Phi) is 5.11. The van der Waals surface area contributed by atoms with Crippen LogP contribution in [0.3, 0.4) is 0 Å². The molecule has 2 amide bonds. The van der Waals surface area contributed by atoms with E-state index in [0.29, 0.717) is 18.7 Å². The molecule has 1 saturated heterocycles. The highest BCUT2D eigenvalue weighted by Gasteiger charge is 2.27. The first-order chi connectivity index (χ1) is 10.2. The summed E-state index contributed by atoms with van der Waals surface area (Å²) in [5, 5.41) is 2.69. The van der Waals surface area contributed by atoms with Crippen molar-refractivity contribution >= 4 is 33.6 Å². The number of ether oxygens (including phenoxy) is 1. The molecule has 1 aliphatic heterocycles. The van der Waals surface area contributed by atoms with Crippen molar-refractivity contribution in [2.75, 3.05) is 11.9 Å². The Morgan fingerprint density at radius 3 is 2.50 bits per heavy atom. The first-order valence-electron chi connectivity index (χ1n) is 7.24. The van der Waals surface area contributed by atoms with E-state index in [-0.39, 0.29) is 10.7 Å². The average Bonchev–Trinajstić information content (AvgIpc) is 2.68. The lowest BCUT2D eigenvalue weighted by molar-refractivity contribution is -0.128. The summed E-state index contributed by atoms with van der Waals surface area (Å²) in [6.07, 6.45) is 0.0789. The predicted octanol–water partition coefficient (Wildman–Crippen LogP) is 3.53. The number of alkyl halides is 1. The van der Waals surface area contributed by atoms with Gasteiger partial charge in [-0.15, -0.1) is 0 Å². The minimum atomic E-state index is -0.521. The van der Waals surface area contributed by atoms with Gasteiger partial charge in [-0.2, -0.15) is 0 Å². The Hall–Kier alpha value is -1.56. The van der Waals surface area contributed by atoms with Gasteiger partial charge in [-0.3, -0.25) is 10.1 Å². The van der Waals surface area contributed by atoms with Crippen LogP contribution in [-0.2, 0) is 16.1 Å². The van der Waals surface area contributed by atoms with Gasteiger partial charge in [0.15, 0.2) is 0 Å². The van der Waals surface area contributed by atoms with Crippen molar-refractivity contribution in [2.24, 2.45) is 0 Å². The fraction of sp³-hybridized carbons (Fsp3) is 0.500. The van der Waals surface area contributed by atoms with E-state index in [1.165, 1.54) is 0 Å². The molecule has 1 aromatic carbocycles. The molecule has 22 heavy (non-hydrogen) atoms. The van der Waals surface area contributed by atoms with Crippen LogP contribution in [0.4, 0.5) is 10.5 Å². The van der Waals surface area contributed by atoms with E-state index in [1.807, 2.05) is 49.9 Å². The maximum absolute atomic E-state index is 11.8. The van der Waals surface area contributed by atoms with Crippen LogP contribution in [-0.4, -0.2) is 33.9 Å². The van der Waals surface area contributed by atoms with E-state index in [9.17, 15) is 9.59 Å². The van der Waals surface area contributed by atoms with Gasteiger partial charge in [-0.1, -0.05) is 28.1 Å². The number of nitrogens with zero attached hydrogens (tertiary/aromatic N) is 1. The van der Waals surface area contributed by atoms with Crippen LogP contribution < -0.4 is 5.32 Å². The molecule has 1 fully saturated rings. The number of carbonyl (C=O) groups is 2. The number of hydrogen-bond acceptors (Lipinski definition) is 3. The van der Waals surface area contributed by atoms with Gasteiger partial charge in [0, 0.05) is 30.0 Å². The fourth-order valence-corrected chi connectivity index (χ4v) is 2.84. The fourth-order valence-electron chi connectivity index (χ4n) is 2.21. The second-order valence-corrected chi connectivity index (χ2v) is 7.69. The molecule has 2 rings (SSSR count). The number of amides is 2. The number of benzene rings is 1. The van der Waals surface area contributed by atoms with E-state index in [1.54, 1.807) is 0 Å². The van der Waals surface area contributed by atoms with Crippen LogP contribution in [0.5, 0.6) is 0 Å². The zero-order valence-corrected chi connectivity index (χ0v) is 14.6. The van der Waals surface area contributed by atoms with Gasteiger partial charge in [0.05, 0.1) is 0 Å². The Bertz CT molecular complexity index is 552. The van der Waals surface area contributed by atoms with E-state index < -0.39 is 11.7 Å². The quantitative estimate of drug-likeness (QED) is 0.830. The Morgan fingerprint density at radius 1 is 1.36 bits per heavy atom. The first-order valence-corrected chi connectivity index (χ1v) is 8.15. The third-order valence-electron chi connectivity index (χ3n) is 3.14. The first kappa shape index (κ1) is 16.8. The normalized spacial score (nSPS) is 18.5. The molecule has 1 atom stereocenters. The van der Waals surface area contributed by atoms with E-state index in [4.69, 9.17) is 4.74 Å². The second-order valence-electron chi connectivity index (χ2n) is 6.40. The Balaban J connectivity index is 1.90. The van der Waals surface area contributed by atoms with E-state index >= 15 is 0 Å². The predicted molar refractivity (Wildman–Crippen MR) is 89.0 cm³/mol. The van der Waals surface area contributed by atoms with Crippen molar-refractivity contribution in [2.45, 2.75) is 44.2 Å². The van der Waals surface area contributed by atoms with Gasteiger partial charge >= 0.3 is 6.09 Å². The molecule has 6 heteroatoms. The van der Waals surface area contributed by atoms with Gasteiger partial charge in [-0.25, -0.2) is 4.79 Å². The summed E-state index contributed by atoms with van der Waals surface area (Å²) < 4.78 is 5.20. The molecule has 5 nitrogen and oxygen atoms in total. The molecule has 0 spiro atoms. The van der Waals surface area contributed by atoms with Crippen LogP contribution >= 0.6 is 15.9 Å². The van der Waals surface area contributed by atoms with Crippen LogP contribution in [0.2, 0.25) is 0 Å². The summed E-state index contributed by atoms with van der Waals surface area (Å²) in [6, 6.07) is 7.43. The molecular formula is C16H21BrN2O3. The van der Waals surface area contributed by atoms with Gasteiger partial charge in [0.1, 0.15) is 5.60 Å². The molecule has 1 aliphatic rings. The van der Waals surface area contributed by atoms with Gasteiger partial charge in [0.25, 0.3) is 0 Å². The molecule has 120 valence electrons. The van der Waals surface area contributed by atoms with Gasteiger partial charge in [0.2, 0.25) is 5.91 Å². The third kappa shape index (κ3) is 5.02. The van der Waals surface area contributed by atoms with Crippen LogP contribution in [0.1, 0.15) is 32.8 Å². The topological polar surface area (TPSA) is 58.6 Å². The minimum Gasteiger partial charge on any atom is -0.444 e. The highest BCUT2D eigenvalue weighted by atomic mass is 79.9. The highest BCUT2D eigenvalue weighted by molar-refractivity contribution is 9.09. The number of likely N-dealkylation sites (tertiary alicyclic amines) is 1. The highest BCUT2D eigenvalue weighted by Crippen LogP contribution is 2.21. The number of hydrogen-bond donors (Lipinski definition) is 1. The smallest absolute Gasteiger partial charge is 0.412 e. The molecule has 0 aliphatic carbocycles. The SMILES string of the molecule is CC(C)(C)OC(=O)Nc1ccc(CN2CC(Br)CC2=O)cc1. The summed E-state index contributed by atoms with van der Waals surface area (Å²) in [6.45, 7) is 6.78. The molecule has 1 aromatic rings. The molecule has 1 N–H and O–H groups in total. The lowest BCUT2D eigenvalue weighted by Crippen LogP contribution is -2.27. The molecular weight excluding hydrogens is 348 g/mol. The van der Waals surface area contributed by atoms with Crippen molar-refractivity contribution in [1.29, 1.82) is 0 Å². The Labute approximate surface area is 139 Å². The second kappa shape index (κ2) is 6.69. The third-order valence-corrected chi connectivity index (χ3v) is 3.75. The van der Waals surface area contributed by atoms with Crippen molar-refractivity contribution in [1.82, 2.24) is 4.90 Å². The van der Waals surface area contributed by atoms with Crippen LogP contribution in [0, 0.1) is 0 Å². The maximum Gasteiger partial charge on any atom is 0.412 e. The molecule has 0 aromatic heterocycles. The molecule has 0 radical (unpaired) electrons. The number of nitrogens with one attached hydrogen (secondary N) is 1. The summed E-state index contributed by atoms with van der Waals surface area (Å²) in [7, 11) is 0. The van der Waals surface area contributed by atoms with Crippen molar-refractivity contribution < 1.29 is 14.3 Å². The zero-order chi connectivity index (χ0) is 16.3. The summed E-state index contributed by atoms with van der Waals surface area (Å²) in [4.78, 5) is 25.5. The van der Waals surface area contributed by atoms with Crippen LogP contribution in [0.15, 0.2) is 24.3 Å². The standard InChI is InChI=1S/C16H21BrN2O3/c1-16(2,3)22-15(21)18-13-6-4-11(5-7-13)9-19-10-12(17)8-14(19)20/h4-7,12H,8-10H2,1-3H3,(H,18,21). The molecule has 1 heterocycles. The van der Waals surface area contributed by atoms with Crippen molar-refractivity contribution in [3.63, 3.8) is 0 Å². The number of anilines is 1. The van der Waals surface area contributed by atoms with E-state index in [2.05, 4.69) is 21.2 Å². The number of rotatable bonds is 3. The summed E-state index contributed by atoms with van der Waals surface area (Å²) in [5.41, 5.74) is 1.18. The summed E-state index contributed by atoms with van der Waals surface area (Å²) in [5.74, 6) is 0.165. The maximum atomic E-state index is 11.8.